The Morgan fingerprint density at radius 2 is 1.96 bits per heavy atom. The zero-order valence-electron chi connectivity index (χ0n) is 15.0. The Morgan fingerprint density at radius 1 is 1.22 bits per heavy atom. The maximum Gasteiger partial charge on any atom is 0.275 e. The van der Waals surface area contributed by atoms with Crippen molar-refractivity contribution in [1.29, 1.82) is 0 Å². The van der Waals surface area contributed by atoms with E-state index < -0.39 is 17.1 Å². The quantitative estimate of drug-likeness (QED) is 0.757. The number of hydrogen-bond donors (Lipinski definition) is 1. The number of aromatic nitrogens is 4. The lowest BCUT2D eigenvalue weighted by Crippen LogP contribution is -2.46. The lowest BCUT2D eigenvalue weighted by atomic mass is 9.96. The van der Waals surface area contributed by atoms with Crippen molar-refractivity contribution in [3.63, 3.8) is 0 Å². The SMILES string of the molecule is Cc1cn([C@H](c2ccccc2)[C@H]2CN(C)C(=O)c3c(O)c(=O)cnn32)cn1. The highest BCUT2D eigenvalue weighted by Gasteiger charge is 2.38. The first kappa shape index (κ1) is 17.0. The van der Waals surface area contributed by atoms with Crippen molar-refractivity contribution in [1.82, 2.24) is 24.2 Å². The van der Waals surface area contributed by atoms with E-state index in [1.807, 2.05) is 48.0 Å². The van der Waals surface area contributed by atoms with E-state index in [1.165, 1.54) is 9.58 Å². The third-order valence-electron chi connectivity index (χ3n) is 4.87. The first-order valence-electron chi connectivity index (χ1n) is 8.58. The first-order chi connectivity index (χ1) is 13.0. The van der Waals surface area contributed by atoms with Crippen LogP contribution >= 0.6 is 0 Å². The van der Waals surface area contributed by atoms with Gasteiger partial charge in [-0.2, -0.15) is 5.10 Å². The van der Waals surface area contributed by atoms with Gasteiger partial charge in [0.1, 0.15) is 0 Å². The van der Waals surface area contributed by atoms with Crippen molar-refractivity contribution in [2.45, 2.75) is 19.0 Å². The summed E-state index contributed by atoms with van der Waals surface area (Å²) in [6.07, 6.45) is 4.72. The van der Waals surface area contributed by atoms with Gasteiger partial charge in [-0.1, -0.05) is 30.3 Å². The molecule has 1 N–H and O–H groups in total. The molecule has 0 radical (unpaired) electrons. The van der Waals surface area contributed by atoms with E-state index in [4.69, 9.17) is 0 Å². The van der Waals surface area contributed by atoms with Crippen LogP contribution in [0.5, 0.6) is 5.75 Å². The van der Waals surface area contributed by atoms with Crippen LogP contribution in [0.3, 0.4) is 0 Å². The average molecular weight is 365 g/mol. The molecule has 138 valence electrons. The minimum atomic E-state index is -0.668. The van der Waals surface area contributed by atoms with Crippen LogP contribution < -0.4 is 5.43 Å². The van der Waals surface area contributed by atoms with Gasteiger partial charge in [-0.15, -0.1) is 0 Å². The Kier molecular flexibility index (Phi) is 4.02. The second-order valence-corrected chi connectivity index (χ2v) is 6.72. The Morgan fingerprint density at radius 3 is 2.63 bits per heavy atom. The molecule has 1 aliphatic rings. The molecule has 1 aliphatic heterocycles. The molecular weight excluding hydrogens is 346 g/mol. The van der Waals surface area contributed by atoms with Gasteiger partial charge in [-0.25, -0.2) is 9.67 Å². The van der Waals surface area contributed by atoms with Crippen LogP contribution in [0.15, 0.2) is 53.8 Å². The Balaban J connectivity index is 1.94. The molecule has 0 saturated heterocycles. The summed E-state index contributed by atoms with van der Waals surface area (Å²) >= 11 is 0. The molecule has 0 unspecified atom stereocenters. The fourth-order valence-electron chi connectivity index (χ4n) is 3.60. The number of aromatic hydroxyl groups is 1. The minimum Gasteiger partial charge on any atom is -0.502 e. The highest BCUT2D eigenvalue weighted by Crippen LogP contribution is 2.35. The van der Waals surface area contributed by atoms with Gasteiger partial charge in [-0.05, 0) is 12.5 Å². The molecule has 3 heterocycles. The van der Waals surface area contributed by atoms with Crippen molar-refractivity contribution in [3.05, 3.63) is 76.2 Å². The van der Waals surface area contributed by atoms with Gasteiger partial charge in [0.15, 0.2) is 11.4 Å². The molecule has 1 amide bonds. The molecule has 1 aromatic carbocycles. The van der Waals surface area contributed by atoms with Crippen molar-refractivity contribution in [2.75, 3.05) is 13.6 Å². The summed E-state index contributed by atoms with van der Waals surface area (Å²) in [5.41, 5.74) is 1.12. The Labute approximate surface area is 155 Å². The molecule has 2 aromatic heterocycles. The van der Waals surface area contributed by atoms with Gasteiger partial charge in [-0.3, -0.25) is 9.59 Å². The number of carbonyl (C=O) groups is 1. The summed E-state index contributed by atoms with van der Waals surface area (Å²) in [6.45, 7) is 2.28. The maximum atomic E-state index is 12.6. The van der Waals surface area contributed by atoms with Crippen LogP contribution in [-0.2, 0) is 0 Å². The molecular formula is C19H19N5O3. The smallest absolute Gasteiger partial charge is 0.275 e. The normalized spacial score (nSPS) is 17.6. The number of nitrogens with zero attached hydrogens (tertiary/aromatic N) is 5. The molecule has 2 atom stereocenters. The molecule has 8 heteroatoms. The topological polar surface area (TPSA) is 93.3 Å². The largest absolute Gasteiger partial charge is 0.502 e. The van der Waals surface area contributed by atoms with Crippen molar-refractivity contribution >= 4 is 5.91 Å². The van der Waals surface area contributed by atoms with E-state index in [9.17, 15) is 14.7 Å². The molecule has 0 spiro atoms. The van der Waals surface area contributed by atoms with Gasteiger partial charge >= 0.3 is 0 Å². The summed E-state index contributed by atoms with van der Waals surface area (Å²) in [5, 5.41) is 14.4. The number of amides is 1. The summed E-state index contributed by atoms with van der Waals surface area (Å²) in [4.78, 5) is 30.3. The highest BCUT2D eigenvalue weighted by molar-refractivity contribution is 5.95. The van der Waals surface area contributed by atoms with E-state index in [1.54, 1.807) is 13.4 Å². The molecule has 3 aromatic rings. The van der Waals surface area contributed by atoms with E-state index in [2.05, 4.69) is 10.1 Å². The summed E-state index contributed by atoms with van der Waals surface area (Å²) in [7, 11) is 1.65. The number of imidazole rings is 1. The molecule has 4 rings (SSSR count). The van der Waals surface area contributed by atoms with Crippen LogP contribution in [0, 0.1) is 6.92 Å². The number of benzene rings is 1. The van der Waals surface area contributed by atoms with Gasteiger partial charge in [0.25, 0.3) is 5.91 Å². The summed E-state index contributed by atoms with van der Waals surface area (Å²) < 4.78 is 3.44. The lowest BCUT2D eigenvalue weighted by Gasteiger charge is -2.37. The van der Waals surface area contributed by atoms with E-state index in [0.29, 0.717) is 6.54 Å². The van der Waals surface area contributed by atoms with Crippen LogP contribution in [0.1, 0.15) is 33.8 Å². The second-order valence-electron chi connectivity index (χ2n) is 6.72. The van der Waals surface area contributed by atoms with Gasteiger partial charge in [0.2, 0.25) is 5.43 Å². The van der Waals surface area contributed by atoms with E-state index in [-0.39, 0.29) is 17.8 Å². The Bertz CT molecular complexity index is 1060. The number of rotatable bonds is 3. The molecule has 27 heavy (non-hydrogen) atoms. The van der Waals surface area contributed by atoms with Crippen LogP contribution in [0.2, 0.25) is 0 Å². The van der Waals surface area contributed by atoms with Crippen LogP contribution in [0.25, 0.3) is 0 Å². The minimum absolute atomic E-state index is 0.0842. The fourth-order valence-corrected chi connectivity index (χ4v) is 3.60. The number of likely N-dealkylation sites (N-methyl/N-ethyl adjacent to an activating group) is 1. The molecule has 0 saturated carbocycles. The number of carbonyl (C=O) groups excluding carboxylic acids is 1. The third kappa shape index (κ3) is 2.79. The van der Waals surface area contributed by atoms with Gasteiger partial charge < -0.3 is 14.6 Å². The second kappa shape index (κ2) is 6.39. The zero-order chi connectivity index (χ0) is 19.1. The van der Waals surface area contributed by atoms with Crippen molar-refractivity contribution in [3.8, 4) is 5.75 Å². The number of fused-ring (bicyclic) bond motifs is 1. The molecule has 0 fully saturated rings. The monoisotopic (exact) mass is 365 g/mol. The fraction of sp³-hybridized carbons (Fsp3) is 0.263. The van der Waals surface area contributed by atoms with Crippen molar-refractivity contribution in [2.24, 2.45) is 0 Å². The van der Waals surface area contributed by atoms with Crippen molar-refractivity contribution < 1.29 is 9.90 Å². The molecule has 0 aliphatic carbocycles. The third-order valence-corrected chi connectivity index (χ3v) is 4.87. The zero-order valence-corrected chi connectivity index (χ0v) is 15.0. The van der Waals surface area contributed by atoms with Crippen LogP contribution in [-0.4, -0.2) is 48.8 Å². The van der Waals surface area contributed by atoms with E-state index >= 15 is 0 Å². The molecule has 8 nitrogen and oxygen atoms in total. The van der Waals surface area contributed by atoms with Crippen LogP contribution in [0.4, 0.5) is 0 Å². The summed E-state index contributed by atoms with van der Waals surface area (Å²) in [6, 6.07) is 9.27. The standard InChI is InChI=1S/C19H19N5O3/c1-12-9-23(11-20-12)16(13-6-4-3-5-7-13)14-10-22(2)19(27)17-18(26)15(25)8-21-24(14)17/h3-9,11,14,16,26H,10H2,1-2H3/t14-,16-/m1/s1. The highest BCUT2D eigenvalue weighted by atomic mass is 16.3. The molecule has 0 bridgehead atoms. The first-order valence-corrected chi connectivity index (χ1v) is 8.58. The van der Waals surface area contributed by atoms with Gasteiger partial charge in [0.05, 0.1) is 30.3 Å². The van der Waals surface area contributed by atoms with Gasteiger partial charge in [0, 0.05) is 19.8 Å². The maximum absolute atomic E-state index is 12.6. The number of aryl methyl sites for hydroxylation is 1. The van der Waals surface area contributed by atoms with E-state index in [0.717, 1.165) is 17.5 Å². The average Bonchev–Trinajstić information content (AvgIpc) is 3.08. The predicted octanol–water partition coefficient (Wildman–Crippen LogP) is 1.37. The number of hydrogen-bond acceptors (Lipinski definition) is 5. The lowest BCUT2D eigenvalue weighted by molar-refractivity contribution is 0.0671. The predicted molar refractivity (Wildman–Crippen MR) is 97.7 cm³/mol. The Hall–Kier alpha value is -3.42. The summed E-state index contributed by atoms with van der Waals surface area (Å²) in [5.74, 6) is -0.997.